The molecule has 1 aromatic rings. The molecule has 0 saturated heterocycles. The molecule has 0 aliphatic carbocycles. The molecule has 20 heavy (non-hydrogen) atoms. The van der Waals surface area contributed by atoms with Crippen LogP contribution in [0, 0.1) is 5.92 Å². The molecule has 0 aliphatic heterocycles. The predicted molar refractivity (Wildman–Crippen MR) is 83.0 cm³/mol. The van der Waals surface area contributed by atoms with Crippen molar-refractivity contribution in [1.29, 1.82) is 0 Å². The molecule has 0 bridgehead atoms. The Morgan fingerprint density at radius 3 is 2.75 bits per heavy atom. The van der Waals surface area contributed by atoms with Crippen LogP contribution in [0.2, 0.25) is 0 Å². The Morgan fingerprint density at radius 2 is 2.10 bits per heavy atom. The van der Waals surface area contributed by atoms with Crippen molar-refractivity contribution in [3.8, 4) is 0 Å². The lowest BCUT2D eigenvalue weighted by Gasteiger charge is -2.14. The number of nitrogen functional groups attached to an aromatic ring is 1. The number of carbonyl (C=O) groups excluding carboxylic acids is 1. The summed E-state index contributed by atoms with van der Waals surface area (Å²) in [6, 6.07) is 5.34. The molecule has 1 rings (SSSR count). The van der Waals surface area contributed by atoms with Gasteiger partial charge in [0.25, 0.3) is 5.91 Å². The van der Waals surface area contributed by atoms with Gasteiger partial charge in [-0.2, -0.15) is 0 Å². The Balaban J connectivity index is 2.71. The van der Waals surface area contributed by atoms with E-state index in [-0.39, 0.29) is 5.91 Å². The summed E-state index contributed by atoms with van der Waals surface area (Å²) in [4.78, 5) is 12.1. The molecule has 0 radical (unpaired) electrons. The van der Waals surface area contributed by atoms with E-state index in [1.165, 1.54) is 0 Å². The number of benzene rings is 1. The van der Waals surface area contributed by atoms with Crippen LogP contribution < -0.4 is 16.4 Å². The third-order valence-corrected chi connectivity index (χ3v) is 2.92. The van der Waals surface area contributed by atoms with Crippen LogP contribution in [0.5, 0.6) is 0 Å². The van der Waals surface area contributed by atoms with E-state index in [0.29, 0.717) is 30.3 Å². The molecule has 5 nitrogen and oxygen atoms in total. The second kappa shape index (κ2) is 8.43. The van der Waals surface area contributed by atoms with Gasteiger partial charge in [0.1, 0.15) is 0 Å². The number of anilines is 2. The van der Waals surface area contributed by atoms with Crippen LogP contribution >= 0.6 is 0 Å². The third kappa shape index (κ3) is 5.48. The fraction of sp³-hybridized carbons (Fsp3) is 0.533. The summed E-state index contributed by atoms with van der Waals surface area (Å²) in [5.74, 6) is 0.483. The fourth-order valence-corrected chi connectivity index (χ4v) is 1.76. The van der Waals surface area contributed by atoms with Gasteiger partial charge in [0.05, 0.1) is 12.2 Å². The zero-order chi connectivity index (χ0) is 15.0. The number of nitrogens with one attached hydrogen (secondary N) is 2. The highest BCUT2D eigenvalue weighted by Crippen LogP contribution is 2.19. The van der Waals surface area contributed by atoms with Crippen LogP contribution in [0.1, 0.15) is 30.6 Å². The Morgan fingerprint density at radius 1 is 1.35 bits per heavy atom. The van der Waals surface area contributed by atoms with Gasteiger partial charge in [0, 0.05) is 31.6 Å². The molecule has 5 heteroatoms. The Labute approximate surface area is 120 Å². The van der Waals surface area contributed by atoms with Crippen LogP contribution in [0.3, 0.4) is 0 Å². The third-order valence-electron chi connectivity index (χ3n) is 2.92. The van der Waals surface area contributed by atoms with Crippen LogP contribution in [-0.4, -0.2) is 32.7 Å². The average Bonchev–Trinajstić information content (AvgIpc) is 2.40. The number of nitrogens with two attached hydrogens (primary N) is 1. The number of rotatable bonds is 8. The highest BCUT2D eigenvalue weighted by molar-refractivity contribution is 6.00. The van der Waals surface area contributed by atoms with Gasteiger partial charge in [-0.3, -0.25) is 4.79 Å². The normalized spacial score (nSPS) is 10.6. The minimum Gasteiger partial charge on any atom is -0.399 e. The van der Waals surface area contributed by atoms with Crippen molar-refractivity contribution in [1.82, 2.24) is 5.32 Å². The standard InChI is InChI=1S/C15H25N3O2/c1-11(2)6-7-17-14-5-4-12(16)10-13(14)15(19)18-8-9-20-3/h4-5,10-11,17H,6-9,16H2,1-3H3,(H,18,19). The molecule has 0 aromatic heterocycles. The van der Waals surface area contributed by atoms with Gasteiger partial charge < -0.3 is 21.1 Å². The summed E-state index contributed by atoms with van der Waals surface area (Å²) in [6.45, 7) is 6.14. The maximum atomic E-state index is 12.1. The van der Waals surface area contributed by atoms with E-state index in [4.69, 9.17) is 10.5 Å². The van der Waals surface area contributed by atoms with Crippen molar-refractivity contribution in [3.63, 3.8) is 0 Å². The average molecular weight is 279 g/mol. The minimum absolute atomic E-state index is 0.138. The number of carbonyl (C=O) groups is 1. The number of amides is 1. The minimum atomic E-state index is -0.138. The van der Waals surface area contributed by atoms with Crippen molar-refractivity contribution in [2.45, 2.75) is 20.3 Å². The summed E-state index contributed by atoms with van der Waals surface area (Å²) in [5, 5.41) is 6.10. The van der Waals surface area contributed by atoms with Crippen molar-refractivity contribution in [2.75, 3.05) is 37.9 Å². The topological polar surface area (TPSA) is 76.4 Å². The summed E-state index contributed by atoms with van der Waals surface area (Å²) in [7, 11) is 1.60. The van der Waals surface area contributed by atoms with Crippen molar-refractivity contribution < 1.29 is 9.53 Å². The molecule has 0 aliphatic rings. The van der Waals surface area contributed by atoms with E-state index in [0.717, 1.165) is 18.7 Å². The van der Waals surface area contributed by atoms with Gasteiger partial charge in [-0.15, -0.1) is 0 Å². The SMILES string of the molecule is COCCNC(=O)c1cc(N)ccc1NCCC(C)C. The van der Waals surface area contributed by atoms with Crippen molar-refractivity contribution >= 4 is 17.3 Å². The van der Waals surface area contributed by atoms with Gasteiger partial charge >= 0.3 is 0 Å². The fourth-order valence-electron chi connectivity index (χ4n) is 1.76. The molecule has 0 atom stereocenters. The zero-order valence-corrected chi connectivity index (χ0v) is 12.5. The second-order valence-electron chi connectivity index (χ2n) is 5.16. The molecular weight excluding hydrogens is 254 g/mol. The van der Waals surface area contributed by atoms with Crippen LogP contribution in [-0.2, 0) is 4.74 Å². The Kier molecular flexibility index (Phi) is 6.87. The van der Waals surface area contributed by atoms with E-state index >= 15 is 0 Å². The maximum Gasteiger partial charge on any atom is 0.253 e. The van der Waals surface area contributed by atoms with Gasteiger partial charge in [0.2, 0.25) is 0 Å². The first kappa shape index (κ1) is 16.3. The summed E-state index contributed by atoms with van der Waals surface area (Å²) in [5.41, 5.74) is 7.73. The monoisotopic (exact) mass is 279 g/mol. The van der Waals surface area contributed by atoms with Gasteiger partial charge in [-0.05, 0) is 30.5 Å². The Bertz CT molecular complexity index is 433. The lowest BCUT2D eigenvalue weighted by molar-refractivity contribution is 0.0938. The van der Waals surface area contributed by atoms with E-state index in [9.17, 15) is 4.79 Å². The van der Waals surface area contributed by atoms with Gasteiger partial charge in [0.15, 0.2) is 0 Å². The highest BCUT2D eigenvalue weighted by atomic mass is 16.5. The van der Waals surface area contributed by atoms with Gasteiger partial charge in [-0.25, -0.2) is 0 Å². The molecule has 1 aromatic carbocycles. The predicted octanol–water partition coefficient (Wildman–Crippen LogP) is 2.10. The van der Waals surface area contributed by atoms with E-state index in [1.54, 1.807) is 19.2 Å². The highest BCUT2D eigenvalue weighted by Gasteiger charge is 2.11. The van der Waals surface area contributed by atoms with E-state index in [1.807, 2.05) is 6.07 Å². The summed E-state index contributed by atoms with van der Waals surface area (Å²) < 4.78 is 4.92. The summed E-state index contributed by atoms with van der Waals surface area (Å²) >= 11 is 0. The van der Waals surface area contributed by atoms with Gasteiger partial charge in [-0.1, -0.05) is 13.8 Å². The zero-order valence-electron chi connectivity index (χ0n) is 12.5. The lowest BCUT2D eigenvalue weighted by Crippen LogP contribution is -2.28. The van der Waals surface area contributed by atoms with E-state index in [2.05, 4.69) is 24.5 Å². The lowest BCUT2D eigenvalue weighted by atomic mass is 10.1. The largest absolute Gasteiger partial charge is 0.399 e. The molecule has 4 N–H and O–H groups in total. The molecule has 0 unspecified atom stereocenters. The quantitative estimate of drug-likeness (QED) is 0.503. The summed E-state index contributed by atoms with van der Waals surface area (Å²) in [6.07, 6.45) is 1.05. The van der Waals surface area contributed by atoms with Crippen molar-refractivity contribution in [3.05, 3.63) is 23.8 Å². The number of methoxy groups -OCH3 is 1. The van der Waals surface area contributed by atoms with E-state index < -0.39 is 0 Å². The first-order valence-electron chi connectivity index (χ1n) is 6.95. The first-order valence-corrected chi connectivity index (χ1v) is 6.95. The van der Waals surface area contributed by atoms with Crippen LogP contribution in [0.4, 0.5) is 11.4 Å². The number of hydrogen-bond donors (Lipinski definition) is 3. The van der Waals surface area contributed by atoms with Crippen LogP contribution in [0.25, 0.3) is 0 Å². The molecular formula is C15H25N3O2. The molecule has 0 fully saturated rings. The number of ether oxygens (including phenoxy) is 1. The smallest absolute Gasteiger partial charge is 0.253 e. The number of hydrogen-bond acceptors (Lipinski definition) is 4. The second-order valence-corrected chi connectivity index (χ2v) is 5.16. The Hall–Kier alpha value is -1.75. The van der Waals surface area contributed by atoms with Crippen molar-refractivity contribution in [2.24, 2.45) is 5.92 Å². The van der Waals surface area contributed by atoms with Crippen LogP contribution in [0.15, 0.2) is 18.2 Å². The molecule has 0 heterocycles. The molecule has 0 saturated carbocycles. The molecule has 0 spiro atoms. The first-order chi connectivity index (χ1) is 9.54. The molecule has 1 amide bonds. The maximum absolute atomic E-state index is 12.1. The molecule has 112 valence electrons.